The predicted molar refractivity (Wildman–Crippen MR) is 78.0 cm³/mol. The van der Waals surface area contributed by atoms with Gasteiger partial charge in [0.05, 0.1) is 12.6 Å². The summed E-state index contributed by atoms with van der Waals surface area (Å²) in [5.41, 5.74) is 0.660. The third kappa shape index (κ3) is 2.58. The first-order valence-electron chi connectivity index (χ1n) is 7.21. The van der Waals surface area contributed by atoms with Crippen LogP contribution in [0.3, 0.4) is 0 Å². The second-order valence-electron chi connectivity index (χ2n) is 5.32. The van der Waals surface area contributed by atoms with Gasteiger partial charge in [-0.3, -0.25) is 4.40 Å². The zero-order valence-electron chi connectivity index (χ0n) is 12.0. The van der Waals surface area contributed by atoms with Gasteiger partial charge in [-0.05, 0) is 31.5 Å². The number of imidazole rings is 1. The normalized spacial score (nSPS) is 18.8. The number of methoxy groups -OCH3 is 1. The summed E-state index contributed by atoms with van der Waals surface area (Å²) >= 11 is 0. The average molecular weight is 289 g/mol. The van der Waals surface area contributed by atoms with Crippen molar-refractivity contribution in [3.8, 4) is 5.88 Å². The molecule has 1 saturated heterocycles. The molecule has 2 aromatic heterocycles. The Hall–Kier alpha value is -2.08. The molecule has 0 bridgehead atoms. The molecule has 1 aliphatic heterocycles. The number of nitrogens with zero attached hydrogens (tertiary/aromatic N) is 2. The van der Waals surface area contributed by atoms with Crippen LogP contribution < -0.4 is 10.1 Å². The monoisotopic (exact) mass is 289 g/mol. The molecule has 0 aromatic carbocycles. The second-order valence-corrected chi connectivity index (χ2v) is 5.32. The van der Waals surface area contributed by atoms with Gasteiger partial charge in [-0.25, -0.2) is 9.78 Å². The Kier molecular flexibility index (Phi) is 3.79. The summed E-state index contributed by atoms with van der Waals surface area (Å²) < 4.78 is 7.17. The Morgan fingerprint density at radius 1 is 1.52 bits per heavy atom. The Morgan fingerprint density at radius 3 is 3.05 bits per heavy atom. The molecular weight excluding hydrogens is 270 g/mol. The second kappa shape index (κ2) is 5.73. The molecule has 6 heteroatoms. The molecule has 1 atom stereocenters. The number of ether oxygens (including phenoxy) is 1. The molecule has 6 nitrogen and oxygen atoms in total. The van der Waals surface area contributed by atoms with Crippen LogP contribution in [0, 0.1) is 0 Å². The first kappa shape index (κ1) is 13.9. The van der Waals surface area contributed by atoms with Crippen molar-refractivity contribution in [3.63, 3.8) is 0 Å². The van der Waals surface area contributed by atoms with E-state index in [1.165, 1.54) is 12.8 Å². The summed E-state index contributed by atoms with van der Waals surface area (Å²) in [5.74, 6) is 0.334. The number of hydrogen-bond acceptors (Lipinski definition) is 4. The lowest BCUT2D eigenvalue weighted by Gasteiger charge is -2.23. The minimum atomic E-state index is -1.01. The third-order valence-corrected chi connectivity index (χ3v) is 3.95. The standard InChI is InChI=1S/C15H19N3O3/c1-21-13-7-4-6-11-14(15(19)20)17-12(18(11)13)9-10-5-2-3-8-16-10/h4,6-7,10,16H,2-3,5,8-9H2,1H3,(H,19,20). The maximum Gasteiger partial charge on any atom is 0.356 e. The van der Waals surface area contributed by atoms with E-state index >= 15 is 0 Å². The number of carbonyl (C=O) groups is 1. The van der Waals surface area contributed by atoms with Crippen LogP contribution in [0.15, 0.2) is 18.2 Å². The van der Waals surface area contributed by atoms with Crippen LogP contribution in [-0.2, 0) is 6.42 Å². The van der Waals surface area contributed by atoms with Gasteiger partial charge in [-0.1, -0.05) is 12.5 Å². The van der Waals surface area contributed by atoms with E-state index in [-0.39, 0.29) is 5.69 Å². The number of hydrogen-bond donors (Lipinski definition) is 2. The number of pyridine rings is 1. The largest absolute Gasteiger partial charge is 0.482 e. The van der Waals surface area contributed by atoms with Crippen molar-refractivity contribution in [2.45, 2.75) is 31.7 Å². The van der Waals surface area contributed by atoms with Gasteiger partial charge in [-0.15, -0.1) is 0 Å². The van der Waals surface area contributed by atoms with Crippen molar-refractivity contribution in [2.75, 3.05) is 13.7 Å². The summed E-state index contributed by atoms with van der Waals surface area (Å²) in [5, 5.41) is 12.8. The maximum atomic E-state index is 11.4. The van der Waals surface area contributed by atoms with Gasteiger partial charge in [0.15, 0.2) is 11.6 Å². The van der Waals surface area contributed by atoms with Crippen molar-refractivity contribution in [2.24, 2.45) is 0 Å². The van der Waals surface area contributed by atoms with Crippen LogP contribution in [0.4, 0.5) is 0 Å². The molecule has 1 aliphatic rings. The van der Waals surface area contributed by atoms with E-state index in [0.29, 0.717) is 23.9 Å². The number of piperidine rings is 1. The average Bonchev–Trinajstić information content (AvgIpc) is 2.87. The minimum Gasteiger partial charge on any atom is -0.482 e. The SMILES string of the molecule is COc1cccc2c(C(=O)O)nc(CC3CCCCN3)n12. The van der Waals surface area contributed by atoms with Crippen molar-refractivity contribution in [3.05, 3.63) is 29.7 Å². The highest BCUT2D eigenvalue weighted by Gasteiger charge is 2.22. The molecular formula is C15H19N3O3. The fraction of sp³-hybridized carbons (Fsp3) is 0.467. The van der Waals surface area contributed by atoms with E-state index in [1.54, 1.807) is 23.6 Å². The van der Waals surface area contributed by atoms with E-state index in [4.69, 9.17) is 4.74 Å². The summed E-state index contributed by atoms with van der Waals surface area (Å²) in [4.78, 5) is 15.7. The Morgan fingerprint density at radius 2 is 2.38 bits per heavy atom. The van der Waals surface area contributed by atoms with Crippen LogP contribution in [0.25, 0.3) is 5.52 Å². The Bertz CT molecular complexity index is 659. The molecule has 3 heterocycles. The van der Waals surface area contributed by atoms with Gasteiger partial charge in [0.1, 0.15) is 5.82 Å². The van der Waals surface area contributed by atoms with Crippen LogP contribution >= 0.6 is 0 Å². The first-order chi connectivity index (χ1) is 10.2. The molecule has 112 valence electrons. The van der Waals surface area contributed by atoms with Crippen molar-refractivity contribution in [1.82, 2.24) is 14.7 Å². The van der Waals surface area contributed by atoms with Crippen LogP contribution in [-0.4, -0.2) is 40.2 Å². The van der Waals surface area contributed by atoms with E-state index in [0.717, 1.165) is 18.8 Å². The first-order valence-corrected chi connectivity index (χ1v) is 7.21. The van der Waals surface area contributed by atoms with Gasteiger partial charge < -0.3 is 15.2 Å². The summed E-state index contributed by atoms with van der Waals surface area (Å²) in [6.07, 6.45) is 4.19. The predicted octanol–water partition coefficient (Wildman–Crippen LogP) is 1.73. The van der Waals surface area contributed by atoms with Gasteiger partial charge in [0, 0.05) is 12.5 Å². The summed E-state index contributed by atoms with van der Waals surface area (Å²) in [7, 11) is 1.58. The zero-order chi connectivity index (χ0) is 14.8. The van der Waals surface area contributed by atoms with Gasteiger partial charge in [-0.2, -0.15) is 0 Å². The van der Waals surface area contributed by atoms with Crippen molar-refractivity contribution in [1.29, 1.82) is 0 Å². The number of rotatable bonds is 4. The zero-order valence-corrected chi connectivity index (χ0v) is 12.0. The number of carboxylic acids is 1. The number of aromatic carboxylic acids is 1. The molecule has 0 spiro atoms. The van der Waals surface area contributed by atoms with E-state index in [2.05, 4.69) is 10.3 Å². The fourth-order valence-corrected chi connectivity index (χ4v) is 2.95. The highest BCUT2D eigenvalue weighted by atomic mass is 16.5. The lowest BCUT2D eigenvalue weighted by Crippen LogP contribution is -2.36. The van der Waals surface area contributed by atoms with Crippen LogP contribution in [0.5, 0.6) is 5.88 Å². The van der Waals surface area contributed by atoms with E-state index in [1.807, 2.05) is 6.07 Å². The summed E-state index contributed by atoms with van der Waals surface area (Å²) in [6, 6.07) is 5.70. The maximum absolute atomic E-state index is 11.4. The molecule has 2 N–H and O–H groups in total. The van der Waals surface area contributed by atoms with Gasteiger partial charge in [0.2, 0.25) is 0 Å². The molecule has 1 unspecified atom stereocenters. The Labute approximate surface area is 122 Å². The lowest BCUT2D eigenvalue weighted by atomic mass is 10.0. The highest BCUT2D eigenvalue weighted by Crippen LogP contribution is 2.23. The van der Waals surface area contributed by atoms with Crippen molar-refractivity contribution >= 4 is 11.5 Å². The third-order valence-electron chi connectivity index (χ3n) is 3.95. The molecule has 0 amide bonds. The smallest absolute Gasteiger partial charge is 0.356 e. The quantitative estimate of drug-likeness (QED) is 0.896. The van der Waals surface area contributed by atoms with Gasteiger partial charge in [0.25, 0.3) is 0 Å². The van der Waals surface area contributed by atoms with E-state index in [9.17, 15) is 9.90 Å². The molecule has 2 aromatic rings. The fourth-order valence-electron chi connectivity index (χ4n) is 2.95. The molecule has 0 aliphatic carbocycles. The molecule has 1 fully saturated rings. The lowest BCUT2D eigenvalue weighted by molar-refractivity contribution is 0.0693. The number of fused-ring (bicyclic) bond motifs is 1. The number of nitrogens with one attached hydrogen (secondary N) is 1. The number of aromatic nitrogens is 2. The molecule has 0 radical (unpaired) electrons. The molecule has 21 heavy (non-hydrogen) atoms. The minimum absolute atomic E-state index is 0.0831. The highest BCUT2D eigenvalue weighted by molar-refractivity contribution is 5.93. The van der Waals surface area contributed by atoms with Crippen LogP contribution in [0.2, 0.25) is 0 Å². The van der Waals surface area contributed by atoms with Crippen molar-refractivity contribution < 1.29 is 14.6 Å². The molecule has 0 saturated carbocycles. The topological polar surface area (TPSA) is 75.9 Å². The van der Waals surface area contributed by atoms with E-state index < -0.39 is 5.97 Å². The molecule has 3 rings (SSSR count). The van der Waals surface area contributed by atoms with Crippen LogP contribution in [0.1, 0.15) is 35.6 Å². The summed E-state index contributed by atoms with van der Waals surface area (Å²) in [6.45, 7) is 1.01. The van der Waals surface area contributed by atoms with Gasteiger partial charge >= 0.3 is 5.97 Å². The number of carboxylic acid groups (broad SMARTS) is 1. The Balaban J connectivity index is 2.05.